The number of thioether (sulfide) groups is 1. The zero-order chi connectivity index (χ0) is 16.1. The van der Waals surface area contributed by atoms with Crippen LogP contribution < -0.4 is 5.32 Å². The Morgan fingerprint density at radius 2 is 1.96 bits per heavy atom. The molecule has 0 saturated heterocycles. The standard InChI is InChI=1S/C15H11BrN4O2S/c16-12-4-2-1-3-11(12)14-19-20-15(22-14)23-9-13(21)18-10-5-7-17-8-6-10/h1-8H,9H2,(H,17,18,21). The third-order valence-corrected chi connectivity index (χ3v) is 4.31. The van der Waals surface area contributed by atoms with E-state index in [9.17, 15) is 4.79 Å². The molecule has 0 unspecified atom stereocenters. The van der Waals surface area contributed by atoms with Gasteiger partial charge in [-0.3, -0.25) is 9.78 Å². The highest BCUT2D eigenvalue weighted by molar-refractivity contribution is 9.10. The van der Waals surface area contributed by atoms with E-state index < -0.39 is 0 Å². The van der Waals surface area contributed by atoms with Gasteiger partial charge < -0.3 is 9.73 Å². The largest absolute Gasteiger partial charge is 0.411 e. The molecule has 3 aromatic rings. The second-order valence-electron chi connectivity index (χ2n) is 4.43. The van der Waals surface area contributed by atoms with E-state index in [1.165, 1.54) is 11.8 Å². The number of halogens is 1. The Morgan fingerprint density at radius 3 is 2.74 bits per heavy atom. The fourth-order valence-corrected chi connectivity index (χ4v) is 2.79. The van der Waals surface area contributed by atoms with Crippen LogP contribution in [0.3, 0.4) is 0 Å². The van der Waals surface area contributed by atoms with Crippen molar-refractivity contribution in [3.63, 3.8) is 0 Å². The molecule has 23 heavy (non-hydrogen) atoms. The molecule has 2 aromatic heterocycles. The van der Waals surface area contributed by atoms with Crippen molar-refractivity contribution in [2.45, 2.75) is 5.22 Å². The Kier molecular flexibility index (Phi) is 5.04. The molecule has 0 aliphatic rings. The zero-order valence-electron chi connectivity index (χ0n) is 11.8. The molecule has 0 spiro atoms. The number of benzene rings is 1. The maximum atomic E-state index is 11.9. The highest BCUT2D eigenvalue weighted by atomic mass is 79.9. The van der Waals surface area contributed by atoms with Crippen LogP contribution in [0.2, 0.25) is 0 Å². The molecular weight excluding hydrogens is 380 g/mol. The lowest BCUT2D eigenvalue weighted by Crippen LogP contribution is -2.13. The summed E-state index contributed by atoms with van der Waals surface area (Å²) in [6.45, 7) is 0. The maximum Gasteiger partial charge on any atom is 0.277 e. The maximum absolute atomic E-state index is 11.9. The summed E-state index contributed by atoms with van der Waals surface area (Å²) >= 11 is 4.62. The van der Waals surface area contributed by atoms with Gasteiger partial charge in [0.1, 0.15) is 0 Å². The van der Waals surface area contributed by atoms with Gasteiger partial charge in [0.05, 0.1) is 11.3 Å². The van der Waals surface area contributed by atoms with Gasteiger partial charge in [-0.05, 0) is 40.2 Å². The van der Waals surface area contributed by atoms with Crippen molar-refractivity contribution < 1.29 is 9.21 Å². The van der Waals surface area contributed by atoms with Crippen LogP contribution in [0.4, 0.5) is 5.69 Å². The quantitative estimate of drug-likeness (QED) is 0.669. The van der Waals surface area contributed by atoms with Gasteiger partial charge in [-0.15, -0.1) is 10.2 Å². The number of carbonyl (C=O) groups excluding carboxylic acids is 1. The lowest BCUT2D eigenvalue weighted by molar-refractivity contribution is -0.113. The van der Waals surface area contributed by atoms with Gasteiger partial charge in [-0.2, -0.15) is 0 Å². The summed E-state index contributed by atoms with van der Waals surface area (Å²) in [7, 11) is 0. The van der Waals surface area contributed by atoms with E-state index in [0.29, 0.717) is 16.8 Å². The van der Waals surface area contributed by atoms with Crippen molar-refractivity contribution in [3.05, 3.63) is 53.3 Å². The van der Waals surface area contributed by atoms with E-state index in [4.69, 9.17) is 4.42 Å². The lowest BCUT2D eigenvalue weighted by Gasteiger charge is -2.02. The highest BCUT2D eigenvalue weighted by Crippen LogP contribution is 2.28. The molecule has 0 fully saturated rings. The Hall–Kier alpha value is -2.19. The van der Waals surface area contributed by atoms with Crippen LogP contribution in [-0.4, -0.2) is 26.8 Å². The molecule has 1 N–H and O–H groups in total. The summed E-state index contributed by atoms with van der Waals surface area (Å²) in [5.41, 5.74) is 1.51. The minimum absolute atomic E-state index is 0.151. The van der Waals surface area contributed by atoms with E-state index >= 15 is 0 Å². The molecule has 0 saturated carbocycles. The van der Waals surface area contributed by atoms with Crippen LogP contribution in [-0.2, 0) is 4.79 Å². The van der Waals surface area contributed by atoms with Gasteiger partial charge >= 0.3 is 0 Å². The van der Waals surface area contributed by atoms with Crippen molar-refractivity contribution in [3.8, 4) is 11.5 Å². The molecule has 1 amide bonds. The first-order valence-electron chi connectivity index (χ1n) is 6.63. The van der Waals surface area contributed by atoms with Gasteiger partial charge in [0, 0.05) is 22.6 Å². The van der Waals surface area contributed by atoms with Crippen LogP contribution >= 0.6 is 27.7 Å². The van der Waals surface area contributed by atoms with Gasteiger partial charge in [-0.1, -0.05) is 23.9 Å². The molecule has 0 atom stereocenters. The minimum atomic E-state index is -0.151. The van der Waals surface area contributed by atoms with Crippen molar-refractivity contribution >= 4 is 39.3 Å². The second-order valence-corrected chi connectivity index (χ2v) is 6.21. The smallest absolute Gasteiger partial charge is 0.277 e. The lowest BCUT2D eigenvalue weighted by atomic mass is 10.2. The van der Waals surface area contributed by atoms with Crippen LogP contribution in [0.15, 0.2) is 62.9 Å². The van der Waals surface area contributed by atoms with Crippen LogP contribution in [0.1, 0.15) is 0 Å². The van der Waals surface area contributed by atoms with Gasteiger partial charge in [-0.25, -0.2) is 0 Å². The summed E-state index contributed by atoms with van der Waals surface area (Å²) < 4.78 is 6.44. The number of rotatable bonds is 5. The molecule has 8 heteroatoms. The average Bonchev–Trinajstić information content (AvgIpc) is 3.03. The van der Waals surface area contributed by atoms with Gasteiger partial charge in [0.2, 0.25) is 11.8 Å². The predicted octanol–water partition coefficient (Wildman–Crippen LogP) is 3.62. The summed E-state index contributed by atoms with van der Waals surface area (Å²) in [4.78, 5) is 15.8. The Morgan fingerprint density at radius 1 is 1.17 bits per heavy atom. The molecular formula is C15H11BrN4O2S. The van der Waals surface area contributed by atoms with Crippen molar-refractivity contribution in [1.82, 2.24) is 15.2 Å². The van der Waals surface area contributed by atoms with E-state index in [2.05, 4.69) is 36.4 Å². The molecule has 0 aliphatic heterocycles. The van der Waals surface area contributed by atoms with Crippen LogP contribution in [0.5, 0.6) is 0 Å². The van der Waals surface area contributed by atoms with E-state index in [1.54, 1.807) is 24.5 Å². The van der Waals surface area contributed by atoms with Crippen LogP contribution in [0.25, 0.3) is 11.5 Å². The number of pyridine rings is 1. The Bertz CT molecular complexity index is 810. The van der Waals surface area contributed by atoms with E-state index in [-0.39, 0.29) is 11.7 Å². The predicted molar refractivity (Wildman–Crippen MR) is 91.0 cm³/mol. The number of nitrogens with zero attached hydrogens (tertiary/aromatic N) is 3. The molecule has 1 aromatic carbocycles. The second kappa shape index (κ2) is 7.38. The first-order valence-corrected chi connectivity index (χ1v) is 8.41. The Labute approximate surface area is 144 Å². The number of anilines is 1. The van der Waals surface area contributed by atoms with Crippen LogP contribution in [0, 0.1) is 0 Å². The molecule has 0 bridgehead atoms. The number of hydrogen-bond acceptors (Lipinski definition) is 6. The summed E-state index contributed by atoms with van der Waals surface area (Å²) in [5.74, 6) is 0.441. The van der Waals surface area contributed by atoms with Gasteiger partial charge in [0.15, 0.2) is 0 Å². The normalized spacial score (nSPS) is 10.5. The first kappa shape index (κ1) is 15.7. The first-order chi connectivity index (χ1) is 11.2. The summed E-state index contributed by atoms with van der Waals surface area (Å²) in [6, 6.07) is 11.0. The van der Waals surface area contributed by atoms with Crippen molar-refractivity contribution in [1.29, 1.82) is 0 Å². The monoisotopic (exact) mass is 390 g/mol. The number of carbonyl (C=O) groups is 1. The molecule has 0 radical (unpaired) electrons. The third-order valence-electron chi connectivity index (χ3n) is 2.80. The van der Waals surface area contributed by atoms with Gasteiger partial charge in [0.25, 0.3) is 5.22 Å². The number of amides is 1. The number of aromatic nitrogens is 3. The molecule has 6 nitrogen and oxygen atoms in total. The SMILES string of the molecule is O=C(CSc1nnc(-c2ccccc2Br)o1)Nc1ccncc1. The highest BCUT2D eigenvalue weighted by Gasteiger charge is 2.13. The zero-order valence-corrected chi connectivity index (χ0v) is 14.2. The summed E-state index contributed by atoms with van der Waals surface area (Å²) in [5, 5.41) is 11.1. The number of nitrogens with one attached hydrogen (secondary N) is 1. The topological polar surface area (TPSA) is 80.9 Å². The fraction of sp³-hybridized carbons (Fsp3) is 0.0667. The number of hydrogen-bond donors (Lipinski definition) is 1. The molecule has 2 heterocycles. The van der Waals surface area contributed by atoms with E-state index in [1.807, 2.05) is 24.3 Å². The fourth-order valence-electron chi connectivity index (χ4n) is 1.77. The molecule has 3 rings (SSSR count). The average molecular weight is 391 g/mol. The molecule has 116 valence electrons. The minimum Gasteiger partial charge on any atom is -0.411 e. The Balaban J connectivity index is 1.59. The third kappa shape index (κ3) is 4.17. The van der Waals surface area contributed by atoms with E-state index in [0.717, 1.165) is 10.0 Å². The van der Waals surface area contributed by atoms with Crippen molar-refractivity contribution in [2.24, 2.45) is 0 Å². The van der Waals surface area contributed by atoms with Crippen molar-refractivity contribution in [2.75, 3.05) is 11.1 Å². The summed E-state index contributed by atoms with van der Waals surface area (Å²) in [6.07, 6.45) is 3.23. The molecule has 0 aliphatic carbocycles.